The van der Waals surface area contributed by atoms with Gasteiger partial charge in [0.15, 0.2) is 12.3 Å². The van der Waals surface area contributed by atoms with E-state index >= 15 is 0 Å². The van der Waals surface area contributed by atoms with Gasteiger partial charge in [-0.25, -0.2) is 9.59 Å². The largest absolute Gasteiger partial charge is 0.451 e. The fourth-order valence-corrected chi connectivity index (χ4v) is 4.32. The number of carbonyl (C=O) groups excluding carboxylic acids is 1. The fourth-order valence-electron chi connectivity index (χ4n) is 4.06. The lowest BCUT2D eigenvalue weighted by Crippen LogP contribution is -2.45. The van der Waals surface area contributed by atoms with Gasteiger partial charge in [0.25, 0.3) is 5.56 Å². The topological polar surface area (TPSA) is 129 Å². The summed E-state index contributed by atoms with van der Waals surface area (Å²) in [6.45, 7) is 1.37. The maximum Gasteiger partial charge on any atom is 0.338 e. The van der Waals surface area contributed by atoms with Crippen LogP contribution in [-0.4, -0.2) is 56.8 Å². The third-order valence-electron chi connectivity index (χ3n) is 6.03. The number of esters is 1. The van der Waals surface area contributed by atoms with Crippen LogP contribution < -0.4 is 11.2 Å². The standard InChI is InChI=1S/C26H27BrN2O8/c1-16-13-29(26(34)28(23(16)32)11-12-35-15-17-5-3-2-4-6-17)24-22(21(31)20(14-30)36-24)37-25(33)18-7-9-19(27)10-8-18/h2-10,13,20-22,24,30-31H,11-12,14-15H2,1H3/t20-,21+,22?,24-/m1/s1. The highest BCUT2D eigenvalue weighted by molar-refractivity contribution is 9.10. The number of hydrogen-bond donors (Lipinski definition) is 2. The van der Waals surface area contributed by atoms with Crippen molar-refractivity contribution in [1.29, 1.82) is 0 Å². The van der Waals surface area contributed by atoms with Gasteiger partial charge in [-0.05, 0) is 36.8 Å². The van der Waals surface area contributed by atoms with Crippen LogP contribution in [0.5, 0.6) is 0 Å². The number of aliphatic hydroxyl groups is 2. The third kappa shape index (κ3) is 6.08. The van der Waals surface area contributed by atoms with E-state index in [0.717, 1.165) is 19.2 Å². The Kier molecular flexibility index (Phi) is 8.72. The molecular weight excluding hydrogens is 548 g/mol. The van der Waals surface area contributed by atoms with Crippen LogP contribution in [0.25, 0.3) is 0 Å². The second-order valence-corrected chi connectivity index (χ2v) is 9.53. The lowest BCUT2D eigenvalue weighted by atomic mass is 10.1. The van der Waals surface area contributed by atoms with Crippen LogP contribution in [0.1, 0.15) is 27.7 Å². The first kappa shape index (κ1) is 27.0. The molecule has 1 aliphatic rings. The molecule has 2 aromatic carbocycles. The van der Waals surface area contributed by atoms with Gasteiger partial charge in [0.05, 0.1) is 31.9 Å². The van der Waals surface area contributed by atoms with Crippen LogP contribution in [0.3, 0.4) is 0 Å². The van der Waals surface area contributed by atoms with Crippen molar-refractivity contribution in [3.05, 3.63) is 103 Å². The SMILES string of the molecule is Cc1cn([C@@H]2O[C@H](CO)[C@H](O)C2OC(=O)c2ccc(Br)cc2)c(=O)n(CCOCc2ccccc2)c1=O. The first-order chi connectivity index (χ1) is 17.8. The van der Waals surface area contributed by atoms with Crippen molar-refractivity contribution in [1.82, 2.24) is 9.13 Å². The van der Waals surface area contributed by atoms with Gasteiger partial charge >= 0.3 is 11.7 Å². The summed E-state index contributed by atoms with van der Waals surface area (Å²) in [6, 6.07) is 15.9. The molecule has 10 nitrogen and oxygen atoms in total. The van der Waals surface area contributed by atoms with E-state index < -0.39 is 48.4 Å². The second kappa shape index (κ2) is 12.0. The zero-order valence-electron chi connectivity index (χ0n) is 20.0. The molecule has 11 heteroatoms. The summed E-state index contributed by atoms with van der Waals surface area (Å²) in [5.74, 6) is -0.740. The number of aromatic nitrogens is 2. The third-order valence-corrected chi connectivity index (χ3v) is 6.56. The van der Waals surface area contributed by atoms with E-state index in [-0.39, 0.29) is 24.3 Å². The molecule has 4 atom stereocenters. The van der Waals surface area contributed by atoms with E-state index in [0.29, 0.717) is 6.61 Å². The molecule has 1 saturated heterocycles. The molecule has 1 unspecified atom stereocenters. The molecule has 0 radical (unpaired) electrons. The van der Waals surface area contributed by atoms with E-state index in [1.807, 2.05) is 30.3 Å². The highest BCUT2D eigenvalue weighted by atomic mass is 79.9. The smallest absolute Gasteiger partial charge is 0.338 e. The minimum absolute atomic E-state index is 0.0196. The molecule has 1 aromatic heterocycles. The summed E-state index contributed by atoms with van der Waals surface area (Å²) in [5.41, 5.74) is 0.205. The number of carbonyl (C=O) groups is 1. The lowest BCUT2D eigenvalue weighted by molar-refractivity contribution is -0.0611. The van der Waals surface area contributed by atoms with Crippen molar-refractivity contribution < 1.29 is 29.2 Å². The van der Waals surface area contributed by atoms with Gasteiger partial charge in [-0.1, -0.05) is 46.3 Å². The number of halogens is 1. The quantitative estimate of drug-likeness (QED) is 0.292. The van der Waals surface area contributed by atoms with Crippen LogP contribution in [0.2, 0.25) is 0 Å². The van der Waals surface area contributed by atoms with Gasteiger partial charge in [-0.2, -0.15) is 0 Å². The number of benzene rings is 2. The molecule has 4 rings (SSSR count). The highest BCUT2D eigenvalue weighted by Gasteiger charge is 2.47. The Bertz CT molecular complexity index is 1340. The minimum Gasteiger partial charge on any atom is -0.451 e. The van der Waals surface area contributed by atoms with E-state index in [1.165, 1.54) is 13.1 Å². The molecule has 37 heavy (non-hydrogen) atoms. The van der Waals surface area contributed by atoms with Crippen LogP contribution in [0, 0.1) is 6.92 Å². The lowest BCUT2D eigenvalue weighted by Gasteiger charge is -2.23. The maximum absolute atomic E-state index is 13.3. The van der Waals surface area contributed by atoms with Crippen molar-refractivity contribution in [3.8, 4) is 0 Å². The summed E-state index contributed by atoms with van der Waals surface area (Å²) in [6.07, 6.45) is -3.80. The number of aryl methyl sites for hydroxylation is 1. The first-order valence-corrected chi connectivity index (χ1v) is 12.4. The zero-order chi connectivity index (χ0) is 26.5. The highest BCUT2D eigenvalue weighted by Crippen LogP contribution is 2.31. The summed E-state index contributed by atoms with van der Waals surface area (Å²) in [4.78, 5) is 38.9. The molecule has 0 amide bonds. The normalized spacial score (nSPS) is 21.2. The van der Waals surface area contributed by atoms with Gasteiger partial charge in [-0.15, -0.1) is 0 Å². The van der Waals surface area contributed by atoms with E-state index in [1.54, 1.807) is 24.3 Å². The predicted octanol–water partition coefficient (Wildman–Crippen LogP) is 1.77. The summed E-state index contributed by atoms with van der Waals surface area (Å²) < 4.78 is 19.8. The Morgan fingerprint density at radius 2 is 1.81 bits per heavy atom. The Morgan fingerprint density at radius 1 is 1.11 bits per heavy atom. The van der Waals surface area contributed by atoms with Crippen LogP contribution in [0.4, 0.5) is 0 Å². The number of nitrogens with zero attached hydrogens (tertiary/aromatic N) is 2. The van der Waals surface area contributed by atoms with Gasteiger partial charge in [0.1, 0.15) is 12.2 Å². The molecule has 0 spiro atoms. The monoisotopic (exact) mass is 574 g/mol. The summed E-state index contributed by atoms with van der Waals surface area (Å²) in [7, 11) is 0. The Balaban J connectivity index is 1.57. The van der Waals surface area contributed by atoms with E-state index in [4.69, 9.17) is 14.2 Å². The molecule has 3 aromatic rings. The Morgan fingerprint density at radius 3 is 2.49 bits per heavy atom. The predicted molar refractivity (Wildman–Crippen MR) is 136 cm³/mol. The van der Waals surface area contributed by atoms with E-state index in [9.17, 15) is 24.6 Å². The minimum atomic E-state index is -1.41. The maximum atomic E-state index is 13.3. The van der Waals surface area contributed by atoms with Gasteiger partial charge in [0.2, 0.25) is 0 Å². The summed E-state index contributed by atoms with van der Waals surface area (Å²) >= 11 is 3.30. The van der Waals surface area contributed by atoms with Crippen molar-refractivity contribution in [2.45, 2.75) is 44.6 Å². The molecule has 0 aliphatic carbocycles. The Hall–Kier alpha value is -3.09. The van der Waals surface area contributed by atoms with Crippen molar-refractivity contribution >= 4 is 21.9 Å². The molecular formula is C26H27BrN2O8. The fraction of sp³-hybridized carbons (Fsp3) is 0.346. The average molecular weight is 575 g/mol. The van der Waals surface area contributed by atoms with Crippen LogP contribution >= 0.6 is 15.9 Å². The zero-order valence-corrected chi connectivity index (χ0v) is 21.6. The summed E-state index contributed by atoms with van der Waals surface area (Å²) in [5, 5.41) is 20.4. The molecule has 1 aliphatic heterocycles. The number of hydrogen-bond acceptors (Lipinski definition) is 8. The number of aliphatic hydroxyl groups excluding tert-OH is 2. The molecule has 0 bridgehead atoms. The molecule has 2 N–H and O–H groups in total. The van der Waals surface area contributed by atoms with Gasteiger partial charge in [-0.3, -0.25) is 13.9 Å². The Labute approximate surface area is 220 Å². The second-order valence-electron chi connectivity index (χ2n) is 8.61. The number of ether oxygens (including phenoxy) is 3. The molecule has 1 fully saturated rings. The average Bonchev–Trinajstić information content (AvgIpc) is 3.21. The molecule has 2 heterocycles. The van der Waals surface area contributed by atoms with Gasteiger partial charge < -0.3 is 24.4 Å². The van der Waals surface area contributed by atoms with E-state index in [2.05, 4.69) is 15.9 Å². The molecule has 196 valence electrons. The van der Waals surface area contributed by atoms with Gasteiger partial charge in [0, 0.05) is 16.2 Å². The first-order valence-electron chi connectivity index (χ1n) is 11.7. The molecule has 0 saturated carbocycles. The van der Waals surface area contributed by atoms with Crippen LogP contribution in [-0.2, 0) is 27.4 Å². The number of rotatable bonds is 9. The van der Waals surface area contributed by atoms with Crippen LogP contribution in [0.15, 0.2) is 74.9 Å². The van der Waals surface area contributed by atoms with Crippen molar-refractivity contribution in [2.75, 3.05) is 13.2 Å². The van der Waals surface area contributed by atoms with Crippen molar-refractivity contribution in [3.63, 3.8) is 0 Å². The van der Waals surface area contributed by atoms with Crippen molar-refractivity contribution in [2.24, 2.45) is 0 Å².